The lowest BCUT2D eigenvalue weighted by atomic mass is 10.3. The van der Waals surface area contributed by atoms with E-state index in [4.69, 9.17) is 24.4 Å². The third-order valence-corrected chi connectivity index (χ3v) is 4.21. The van der Waals surface area contributed by atoms with Crippen LogP contribution < -0.4 is 32.1 Å². The predicted octanol–water partition coefficient (Wildman–Crippen LogP) is 0.381. The van der Waals surface area contributed by atoms with Crippen LogP contribution in [-0.2, 0) is 28.6 Å². The summed E-state index contributed by atoms with van der Waals surface area (Å²) in [6.07, 6.45) is 0. The predicted molar refractivity (Wildman–Crippen MR) is 140 cm³/mol. The number of anilines is 2. The molecule has 0 bridgehead atoms. The van der Waals surface area contributed by atoms with Crippen molar-refractivity contribution in [2.24, 2.45) is 0 Å². The van der Waals surface area contributed by atoms with E-state index < -0.39 is 11.8 Å². The van der Waals surface area contributed by atoms with Gasteiger partial charge in [-0.2, -0.15) is 0 Å². The summed E-state index contributed by atoms with van der Waals surface area (Å²) in [5.74, 6) is -1.32. The van der Waals surface area contributed by atoms with Crippen molar-refractivity contribution in [3.8, 4) is 11.5 Å². The lowest BCUT2D eigenvalue weighted by molar-refractivity contribution is -0.140. The molecule has 2 aromatic carbocycles. The van der Waals surface area contributed by atoms with E-state index in [9.17, 15) is 14.4 Å². The van der Waals surface area contributed by atoms with Gasteiger partial charge in [0.15, 0.2) is 0 Å². The number of hydrogen-bond donors (Lipinski definition) is 8. The molecule has 2 rings (SSSR count). The van der Waals surface area contributed by atoms with Crippen molar-refractivity contribution in [3.63, 3.8) is 0 Å². The number of carbonyl (C=O) groups excluding carboxylic acids is 3. The maximum absolute atomic E-state index is 11.2. The number of rotatable bonds is 15. The van der Waals surface area contributed by atoms with Gasteiger partial charge in [0.25, 0.3) is 5.91 Å². The molecule has 0 spiro atoms. The van der Waals surface area contributed by atoms with Crippen LogP contribution in [0.5, 0.6) is 11.5 Å². The number of nitrogens with one attached hydrogen (secondary N) is 6. The molecule has 14 heteroatoms. The molecule has 8 N–H and O–H groups in total. The Morgan fingerprint density at radius 2 is 1.21 bits per heavy atom. The molecule has 3 amide bonds. The summed E-state index contributed by atoms with van der Waals surface area (Å²) in [5, 5.41) is 28.7. The van der Waals surface area contributed by atoms with Gasteiger partial charge in [-0.05, 0) is 62.4 Å². The summed E-state index contributed by atoms with van der Waals surface area (Å²) in [6, 6.07) is 13.0. The normalized spacial score (nSPS) is 9.95. The first-order valence-electron chi connectivity index (χ1n) is 11.7. The SMILES string of the molecule is CCNC(=O)C(=O)NCOCNc1ccc(O)cc1.CCOCNNC(=O)COCNc1ccc(O)cc1. The first-order chi connectivity index (χ1) is 18.3. The molecule has 0 heterocycles. The summed E-state index contributed by atoms with van der Waals surface area (Å²) in [6.45, 7) is 5.06. The third kappa shape index (κ3) is 15.8. The van der Waals surface area contributed by atoms with Crippen LogP contribution in [0.4, 0.5) is 11.4 Å². The van der Waals surface area contributed by atoms with E-state index in [0.29, 0.717) is 13.2 Å². The van der Waals surface area contributed by atoms with Gasteiger partial charge in [0, 0.05) is 24.5 Å². The van der Waals surface area contributed by atoms with Crippen LogP contribution in [0.25, 0.3) is 0 Å². The number of hydrazine groups is 1. The fourth-order valence-electron chi connectivity index (χ4n) is 2.38. The molecular formula is C24H36N6O8. The summed E-state index contributed by atoms with van der Waals surface area (Å²) >= 11 is 0. The highest BCUT2D eigenvalue weighted by atomic mass is 16.5. The summed E-state index contributed by atoms with van der Waals surface area (Å²) in [7, 11) is 0. The van der Waals surface area contributed by atoms with Gasteiger partial charge in [-0.15, -0.1) is 0 Å². The lowest BCUT2D eigenvalue weighted by Gasteiger charge is -2.09. The second-order valence-corrected chi connectivity index (χ2v) is 7.16. The Morgan fingerprint density at radius 1 is 0.684 bits per heavy atom. The molecule has 0 saturated heterocycles. The zero-order valence-corrected chi connectivity index (χ0v) is 21.4. The fourth-order valence-corrected chi connectivity index (χ4v) is 2.38. The Kier molecular flexibility index (Phi) is 16.8. The van der Waals surface area contributed by atoms with E-state index in [2.05, 4.69) is 32.1 Å². The number of carbonyl (C=O) groups is 3. The molecule has 2 aromatic rings. The minimum Gasteiger partial charge on any atom is -0.508 e. The second-order valence-electron chi connectivity index (χ2n) is 7.16. The number of hydrogen-bond acceptors (Lipinski definition) is 11. The van der Waals surface area contributed by atoms with Gasteiger partial charge in [-0.1, -0.05) is 0 Å². The van der Waals surface area contributed by atoms with Crippen LogP contribution in [0.2, 0.25) is 0 Å². The maximum Gasteiger partial charge on any atom is 0.311 e. The van der Waals surface area contributed by atoms with Crippen molar-refractivity contribution < 1.29 is 38.8 Å². The average Bonchev–Trinajstić information content (AvgIpc) is 2.91. The summed E-state index contributed by atoms with van der Waals surface area (Å²) < 4.78 is 15.2. The largest absolute Gasteiger partial charge is 0.508 e. The summed E-state index contributed by atoms with van der Waals surface area (Å²) in [4.78, 5) is 33.4. The van der Waals surface area contributed by atoms with Gasteiger partial charge in [-0.25, -0.2) is 5.43 Å². The molecule has 0 unspecified atom stereocenters. The standard InChI is InChI=1S/C12H19N3O4.C12H17N3O4/c1-2-18-9-14-15-12(17)7-19-8-13-10-3-5-11(16)6-4-10;1-2-13-11(17)12(18)15-8-19-7-14-9-3-5-10(16)6-4-9/h3-6,13-14,16H,2,7-9H2,1H3,(H,15,17);3-6,14,16H,2,7-8H2,1H3,(H,13,17)(H,15,18). The van der Waals surface area contributed by atoms with Crippen molar-refractivity contribution in [2.75, 3.05) is 57.3 Å². The van der Waals surface area contributed by atoms with E-state index in [1.165, 1.54) is 0 Å². The number of aromatic hydroxyl groups is 2. The molecule has 0 fully saturated rings. The van der Waals surface area contributed by atoms with E-state index in [0.717, 1.165) is 11.4 Å². The van der Waals surface area contributed by atoms with Gasteiger partial charge < -0.3 is 45.7 Å². The van der Waals surface area contributed by atoms with Crippen molar-refractivity contribution >= 4 is 29.1 Å². The first kappa shape index (κ1) is 31.9. The molecule has 0 radical (unpaired) electrons. The van der Waals surface area contributed by atoms with Gasteiger partial charge in [0.1, 0.15) is 45.0 Å². The molecule has 0 aromatic heterocycles. The molecule has 38 heavy (non-hydrogen) atoms. The van der Waals surface area contributed by atoms with Crippen LogP contribution in [0, 0.1) is 0 Å². The second kappa shape index (κ2) is 20.0. The van der Waals surface area contributed by atoms with Crippen LogP contribution in [0.1, 0.15) is 13.8 Å². The number of ether oxygens (including phenoxy) is 3. The topological polar surface area (TPSA) is 192 Å². The van der Waals surface area contributed by atoms with Gasteiger partial charge in [-0.3, -0.25) is 19.8 Å². The van der Waals surface area contributed by atoms with Crippen LogP contribution in [-0.4, -0.2) is 74.6 Å². The molecule has 0 aliphatic heterocycles. The number of phenols is 2. The van der Waals surface area contributed by atoms with Crippen LogP contribution in [0.3, 0.4) is 0 Å². The maximum atomic E-state index is 11.2. The highest BCUT2D eigenvalue weighted by molar-refractivity contribution is 6.35. The Labute approximate surface area is 221 Å². The molecule has 0 aliphatic rings. The van der Waals surface area contributed by atoms with Gasteiger partial charge in [0.05, 0.1) is 0 Å². The fraction of sp³-hybridized carbons (Fsp3) is 0.375. The molecule has 14 nitrogen and oxygen atoms in total. The van der Waals surface area contributed by atoms with Crippen LogP contribution in [0.15, 0.2) is 48.5 Å². The average molecular weight is 537 g/mol. The lowest BCUT2D eigenvalue weighted by Crippen LogP contribution is -2.41. The third-order valence-electron chi connectivity index (χ3n) is 4.21. The molecule has 0 aliphatic carbocycles. The molecule has 210 valence electrons. The van der Waals surface area contributed by atoms with E-state index in [1.807, 2.05) is 6.92 Å². The number of benzene rings is 2. The van der Waals surface area contributed by atoms with E-state index >= 15 is 0 Å². The minimum atomic E-state index is -0.730. The van der Waals surface area contributed by atoms with Gasteiger partial charge >= 0.3 is 11.8 Å². The first-order valence-corrected chi connectivity index (χ1v) is 11.7. The molecular weight excluding hydrogens is 500 g/mol. The molecule has 0 saturated carbocycles. The van der Waals surface area contributed by atoms with Crippen molar-refractivity contribution in [1.29, 1.82) is 0 Å². The number of phenolic OH excluding ortho intramolecular Hbond substituents is 2. The Balaban J connectivity index is 0.000000380. The van der Waals surface area contributed by atoms with E-state index in [-0.39, 0.29) is 50.9 Å². The zero-order valence-electron chi connectivity index (χ0n) is 21.4. The zero-order chi connectivity index (χ0) is 28.0. The summed E-state index contributed by atoms with van der Waals surface area (Å²) in [5.41, 5.74) is 6.59. The number of amides is 3. The van der Waals surface area contributed by atoms with Crippen molar-refractivity contribution in [2.45, 2.75) is 13.8 Å². The van der Waals surface area contributed by atoms with Crippen molar-refractivity contribution in [1.82, 2.24) is 21.5 Å². The monoisotopic (exact) mass is 536 g/mol. The van der Waals surface area contributed by atoms with Crippen LogP contribution >= 0.6 is 0 Å². The minimum absolute atomic E-state index is 0.0653. The number of likely N-dealkylation sites (N-methyl/N-ethyl adjacent to an activating group) is 1. The Morgan fingerprint density at radius 3 is 1.74 bits per heavy atom. The van der Waals surface area contributed by atoms with Crippen molar-refractivity contribution in [3.05, 3.63) is 48.5 Å². The Hall–Kier alpha value is -4.11. The van der Waals surface area contributed by atoms with Gasteiger partial charge in [0.2, 0.25) is 0 Å². The highest BCUT2D eigenvalue weighted by Gasteiger charge is 2.10. The quantitative estimate of drug-likeness (QED) is 0.0516. The van der Waals surface area contributed by atoms with E-state index in [1.54, 1.807) is 55.5 Å². The molecule has 0 atom stereocenters. The Bertz CT molecular complexity index is 944. The smallest absolute Gasteiger partial charge is 0.311 e. The highest BCUT2D eigenvalue weighted by Crippen LogP contribution is 2.13.